The molecule has 0 unspecified atom stereocenters. The molecule has 4 aromatic rings. The number of ether oxygens (including phenoxy) is 2. The van der Waals surface area contributed by atoms with Gasteiger partial charge in [0.2, 0.25) is 5.91 Å². The van der Waals surface area contributed by atoms with Crippen LogP contribution in [0.25, 0.3) is 20.9 Å². The van der Waals surface area contributed by atoms with Crippen molar-refractivity contribution in [3.63, 3.8) is 0 Å². The number of aromatic nitrogens is 3. The van der Waals surface area contributed by atoms with E-state index in [1.165, 1.54) is 22.3 Å². The molecule has 1 saturated carbocycles. The van der Waals surface area contributed by atoms with Crippen molar-refractivity contribution in [1.29, 1.82) is 0 Å². The Balaban J connectivity index is 1.34. The molecule has 1 aromatic carbocycles. The fourth-order valence-corrected chi connectivity index (χ4v) is 5.61. The Hall–Kier alpha value is -3.67. The number of ketones is 1. The summed E-state index contributed by atoms with van der Waals surface area (Å²) >= 11 is 1.42. The summed E-state index contributed by atoms with van der Waals surface area (Å²) in [5.41, 5.74) is 2.11. The molecule has 9 nitrogen and oxygen atoms in total. The monoisotopic (exact) mass is 566 g/mol. The predicted molar refractivity (Wildman–Crippen MR) is 149 cm³/mol. The number of rotatable bonds is 13. The van der Waals surface area contributed by atoms with Crippen LogP contribution in [0.5, 0.6) is 11.5 Å². The minimum atomic E-state index is -0.582. The predicted octanol–water partition coefficient (Wildman–Crippen LogP) is 4.51. The van der Waals surface area contributed by atoms with Gasteiger partial charge in [0.05, 0.1) is 40.1 Å². The number of pyridine rings is 1. The molecule has 0 radical (unpaired) electrons. The molecule has 0 aliphatic heterocycles. The molecule has 1 aliphatic carbocycles. The van der Waals surface area contributed by atoms with E-state index in [1.807, 2.05) is 17.7 Å². The highest BCUT2D eigenvalue weighted by atomic mass is 32.1. The Bertz CT molecular complexity index is 1530. The number of imidazole rings is 1. The molecule has 0 saturated heterocycles. The van der Waals surface area contributed by atoms with E-state index in [-0.39, 0.29) is 24.5 Å². The van der Waals surface area contributed by atoms with Crippen LogP contribution in [0, 0.1) is 11.7 Å². The van der Waals surface area contributed by atoms with Gasteiger partial charge in [-0.3, -0.25) is 14.6 Å². The molecule has 3 aromatic heterocycles. The third-order valence-corrected chi connectivity index (χ3v) is 8.05. The van der Waals surface area contributed by atoms with Gasteiger partial charge in [0, 0.05) is 45.8 Å². The maximum atomic E-state index is 14.9. The van der Waals surface area contributed by atoms with Gasteiger partial charge in [-0.2, -0.15) is 0 Å². The molecular weight excluding hydrogens is 535 g/mol. The average Bonchev–Trinajstić information content (AvgIpc) is 3.52. The van der Waals surface area contributed by atoms with Gasteiger partial charge in [0.1, 0.15) is 24.0 Å². The molecule has 1 N–H and O–H groups in total. The van der Waals surface area contributed by atoms with Crippen LogP contribution in [-0.4, -0.2) is 63.1 Å². The van der Waals surface area contributed by atoms with Crippen molar-refractivity contribution in [3.05, 3.63) is 59.8 Å². The van der Waals surface area contributed by atoms with E-state index >= 15 is 0 Å². The lowest BCUT2D eigenvalue weighted by Crippen LogP contribution is -2.35. The number of aliphatic hydroxyl groups excluding tert-OH is 1. The normalized spacial score (nSPS) is 13.1. The molecule has 1 aliphatic rings. The van der Waals surface area contributed by atoms with Gasteiger partial charge in [-0.25, -0.2) is 9.37 Å². The molecule has 11 heteroatoms. The molecule has 0 spiro atoms. The summed E-state index contributed by atoms with van der Waals surface area (Å²) < 4.78 is 28.6. The van der Waals surface area contributed by atoms with Crippen molar-refractivity contribution in [1.82, 2.24) is 19.4 Å². The first-order chi connectivity index (χ1) is 19.4. The number of methoxy groups -OCH3 is 1. The first-order valence-corrected chi connectivity index (χ1v) is 13.9. The fraction of sp³-hybridized carbons (Fsp3) is 0.379. The van der Waals surface area contributed by atoms with Gasteiger partial charge < -0.3 is 24.0 Å². The maximum absolute atomic E-state index is 14.9. The van der Waals surface area contributed by atoms with E-state index in [9.17, 15) is 19.1 Å². The lowest BCUT2D eigenvalue weighted by Gasteiger charge is -2.21. The Kier molecular flexibility index (Phi) is 8.53. The van der Waals surface area contributed by atoms with Crippen LogP contribution >= 0.6 is 11.3 Å². The number of hydrogen-bond donors (Lipinski definition) is 1. The number of thiophene rings is 1. The topological polar surface area (TPSA) is 107 Å². The number of carbonyl (C=O) groups excluding carboxylic acids is 2. The highest BCUT2D eigenvalue weighted by Crippen LogP contribution is 2.39. The van der Waals surface area contributed by atoms with Crippen molar-refractivity contribution < 1.29 is 28.6 Å². The first-order valence-electron chi connectivity index (χ1n) is 13.1. The minimum absolute atomic E-state index is 0.0739. The largest absolute Gasteiger partial charge is 0.453 e. The van der Waals surface area contributed by atoms with Crippen LogP contribution in [-0.2, 0) is 34.3 Å². The zero-order chi connectivity index (χ0) is 28.2. The quantitative estimate of drug-likeness (QED) is 0.254. The standard InChI is InChI=1S/C29H31FN4O5S/c1-33-20(16-34(9-10-38-2)27(37)17-35)15-32-29(33)26-14-23-28(40-26)25(7-8-31-23)39-24-6-5-19(13-22(24)30)12-21(36)11-18-3-4-18/h5-8,13-15,18,35H,3-4,9-12,16-17H2,1-2H3. The molecule has 5 rings (SSSR count). The van der Waals surface area contributed by atoms with Crippen LogP contribution in [0.4, 0.5) is 4.39 Å². The van der Waals surface area contributed by atoms with Crippen LogP contribution < -0.4 is 4.74 Å². The van der Waals surface area contributed by atoms with Crippen LogP contribution in [0.1, 0.15) is 30.5 Å². The smallest absolute Gasteiger partial charge is 0.248 e. The maximum Gasteiger partial charge on any atom is 0.248 e. The van der Waals surface area contributed by atoms with Gasteiger partial charge in [0.25, 0.3) is 0 Å². The Labute approximate surface area is 235 Å². The molecule has 0 bridgehead atoms. The van der Waals surface area contributed by atoms with Crippen molar-refractivity contribution >= 4 is 33.2 Å². The van der Waals surface area contributed by atoms with Gasteiger partial charge >= 0.3 is 0 Å². The summed E-state index contributed by atoms with van der Waals surface area (Å²) in [6.07, 6.45) is 6.32. The number of benzene rings is 1. The highest BCUT2D eigenvalue weighted by molar-refractivity contribution is 7.22. The lowest BCUT2D eigenvalue weighted by molar-refractivity contribution is -0.135. The Morgan fingerprint density at radius 2 is 2.02 bits per heavy atom. The molecule has 0 atom stereocenters. The van der Waals surface area contributed by atoms with E-state index < -0.39 is 18.3 Å². The number of amides is 1. The second kappa shape index (κ2) is 12.2. The minimum Gasteiger partial charge on any atom is -0.453 e. The number of nitrogens with zero attached hydrogens (tertiary/aromatic N) is 4. The number of hydrogen-bond acceptors (Lipinski definition) is 8. The molecule has 1 amide bonds. The van der Waals surface area contributed by atoms with Crippen LogP contribution in [0.2, 0.25) is 0 Å². The van der Waals surface area contributed by atoms with Gasteiger partial charge in [-0.15, -0.1) is 11.3 Å². The molecule has 210 valence electrons. The van der Waals surface area contributed by atoms with E-state index in [1.54, 1.807) is 37.7 Å². The van der Waals surface area contributed by atoms with Gasteiger partial charge in [-0.05, 0) is 42.5 Å². The summed E-state index contributed by atoms with van der Waals surface area (Å²) in [6.45, 7) is 0.382. The fourth-order valence-electron chi connectivity index (χ4n) is 4.51. The van der Waals surface area contributed by atoms with Crippen molar-refractivity contribution in [2.45, 2.75) is 32.2 Å². The van der Waals surface area contributed by atoms with Crippen molar-refractivity contribution in [2.24, 2.45) is 13.0 Å². The van der Waals surface area contributed by atoms with Gasteiger partial charge in [-0.1, -0.05) is 6.07 Å². The Morgan fingerprint density at radius 3 is 2.75 bits per heavy atom. The van der Waals surface area contributed by atoms with Crippen LogP contribution in [0.3, 0.4) is 0 Å². The zero-order valence-electron chi connectivity index (χ0n) is 22.4. The van der Waals surface area contributed by atoms with E-state index in [0.29, 0.717) is 48.1 Å². The van der Waals surface area contributed by atoms with Crippen LogP contribution in [0.15, 0.2) is 42.7 Å². The summed E-state index contributed by atoms with van der Waals surface area (Å²) in [6, 6.07) is 8.24. The van der Waals surface area contributed by atoms with E-state index in [4.69, 9.17) is 9.47 Å². The summed E-state index contributed by atoms with van der Waals surface area (Å²) in [7, 11) is 3.41. The second-order valence-corrected chi connectivity index (χ2v) is 11.0. The Morgan fingerprint density at radius 1 is 1.20 bits per heavy atom. The third-order valence-electron chi connectivity index (χ3n) is 6.92. The summed E-state index contributed by atoms with van der Waals surface area (Å²) in [5.74, 6) is 0.945. The van der Waals surface area contributed by atoms with Crippen molar-refractivity contribution in [2.75, 3.05) is 26.9 Å². The SMILES string of the molecule is COCCN(Cc1cnc(-c2cc3nccc(Oc4ccc(CC(=O)CC5CC5)cc4F)c3s2)n1C)C(=O)CO. The third kappa shape index (κ3) is 6.38. The number of halogens is 1. The molecule has 1 fully saturated rings. The second-order valence-electron chi connectivity index (χ2n) is 9.96. The average molecular weight is 567 g/mol. The lowest BCUT2D eigenvalue weighted by atomic mass is 10.0. The summed E-state index contributed by atoms with van der Waals surface area (Å²) in [4.78, 5) is 35.7. The number of aliphatic hydroxyl groups is 1. The number of fused-ring (bicyclic) bond motifs is 1. The highest BCUT2D eigenvalue weighted by Gasteiger charge is 2.24. The van der Waals surface area contributed by atoms with Gasteiger partial charge in [0.15, 0.2) is 11.6 Å². The zero-order valence-corrected chi connectivity index (χ0v) is 23.2. The van der Waals surface area contributed by atoms with E-state index in [0.717, 1.165) is 28.1 Å². The summed E-state index contributed by atoms with van der Waals surface area (Å²) in [5, 5.41) is 9.33. The number of carbonyl (C=O) groups is 2. The molecule has 3 heterocycles. The molecular formula is C29H31FN4O5S. The van der Waals surface area contributed by atoms with E-state index in [2.05, 4.69) is 9.97 Å². The first kappa shape index (κ1) is 27.9. The number of Topliss-reactive ketones (excluding diaryl/α,β-unsaturated/α-hetero) is 1. The molecule has 40 heavy (non-hydrogen) atoms. The van der Waals surface area contributed by atoms with Crippen molar-refractivity contribution in [3.8, 4) is 22.2 Å².